The first-order valence-electron chi connectivity index (χ1n) is 9.09. The number of ether oxygens (including phenoxy) is 1. The molecular formula is C21H25N3O3. The lowest BCUT2D eigenvalue weighted by Crippen LogP contribution is -2.51. The Kier molecular flexibility index (Phi) is 5.96. The molecule has 1 fully saturated rings. The lowest BCUT2D eigenvalue weighted by Gasteiger charge is -2.36. The number of methoxy groups -OCH3 is 1. The van der Waals surface area contributed by atoms with Crippen LogP contribution in [-0.4, -0.2) is 50.0 Å². The van der Waals surface area contributed by atoms with Gasteiger partial charge >= 0.3 is 6.03 Å². The van der Waals surface area contributed by atoms with Gasteiger partial charge in [0.25, 0.3) is 0 Å². The van der Waals surface area contributed by atoms with E-state index in [-0.39, 0.29) is 11.8 Å². The van der Waals surface area contributed by atoms with E-state index in [9.17, 15) is 9.59 Å². The molecule has 1 saturated heterocycles. The fourth-order valence-corrected chi connectivity index (χ4v) is 3.22. The highest BCUT2D eigenvalue weighted by Gasteiger charge is 2.21. The van der Waals surface area contributed by atoms with E-state index in [1.165, 1.54) is 0 Å². The van der Waals surface area contributed by atoms with Gasteiger partial charge in [-0.3, -0.25) is 4.79 Å². The summed E-state index contributed by atoms with van der Waals surface area (Å²) in [5, 5.41) is 2.97. The molecule has 1 heterocycles. The number of carbonyl (C=O) groups is 2. The Balaban J connectivity index is 1.53. The van der Waals surface area contributed by atoms with Crippen molar-refractivity contribution in [3.05, 3.63) is 59.7 Å². The van der Waals surface area contributed by atoms with Gasteiger partial charge in [-0.25, -0.2) is 4.79 Å². The summed E-state index contributed by atoms with van der Waals surface area (Å²) in [6, 6.07) is 15.2. The van der Waals surface area contributed by atoms with Gasteiger partial charge in [0.05, 0.1) is 7.11 Å². The molecule has 1 aliphatic heterocycles. The predicted octanol–water partition coefficient (Wildman–Crippen LogP) is 2.93. The highest BCUT2D eigenvalue weighted by molar-refractivity contribution is 5.95. The fourth-order valence-electron chi connectivity index (χ4n) is 3.22. The average molecular weight is 367 g/mol. The van der Waals surface area contributed by atoms with Crippen LogP contribution in [0.5, 0.6) is 5.75 Å². The van der Waals surface area contributed by atoms with Crippen molar-refractivity contribution in [2.24, 2.45) is 0 Å². The summed E-state index contributed by atoms with van der Waals surface area (Å²) in [6.07, 6.45) is 0. The summed E-state index contributed by atoms with van der Waals surface area (Å²) >= 11 is 0. The first-order valence-corrected chi connectivity index (χ1v) is 9.09. The third-order valence-corrected chi connectivity index (χ3v) is 4.81. The summed E-state index contributed by atoms with van der Waals surface area (Å²) in [5.74, 6) is 0.833. The minimum atomic E-state index is -0.0713. The molecule has 0 saturated carbocycles. The maximum Gasteiger partial charge on any atom is 0.317 e. The van der Waals surface area contributed by atoms with Crippen LogP contribution in [0.1, 0.15) is 22.8 Å². The molecule has 1 N–H and O–H groups in total. The number of amides is 2. The minimum absolute atomic E-state index is 0.0613. The summed E-state index contributed by atoms with van der Waals surface area (Å²) in [4.78, 5) is 28.1. The van der Waals surface area contributed by atoms with Crippen molar-refractivity contribution in [2.75, 3.05) is 38.2 Å². The van der Waals surface area contributed by atoms with Crippen LogP contribution in [0.3, 0.4) is 0 Å². The van der Waals surface area contributed by atoms with Crippen LogP contribution < -0.4 is 15.0 Å². The number of nitrogens with one attached hydrogen (secondary N) is 1. The van der Waals surface area contributed by atoms with E-state index in [1.54, 1.807) is 14.0 Å². The zero-order valence-electron chi connectivity index (χ0n) is 15.8. The number of para-hydroxylation sites is 1. The maximum atomic E-state index is 12.5. The molecule has 0 bridgehead atoms. The van der Waals surface area contributed by atoms with Crippen LogP contribution in [0.15, 0.2) is 48.5 Å². The van der Waals surface area contributed by atoms with Crippen LogP contribution in [0.4, 0.5) is 10.5 Å². The summed E-state index contributed by atoms with van der Waals surface area (Å²) < 4.78 is 5.32. The van der Waals surface area contributed by atoms with Crippen LogP contribution in [0.2, 0.25) is 0 Å². The van der Waals surface area contributed by atoms with Crippen molar-refractivity contribution in [1.82, 2.24) is 10.2 Å². The van der Waals surface area contributed by atoms with Crippen molar-refractivity contribution >= 4 is 17.5 Å². The molecule has 2 aromatic carbocycles. The second kappa shape index (κ2) is 8.58. The lowest BCUT2D eigenvalue weighted by atomic mass is 10.1. The molecule has 0 atom stereocenters. The zero-order chi connectivity index (χ0) is 19.2. The Labute approximate surface area is 159 Å². The number of urea groups is 1. The standard InChI is InChI=1S/C21H25N3O3/c1-16(25)17-7-5-8-19(14-17)23-10-12-24(13-11-23)21(26)22-15-18-6-3-4-9-20(18)27-2/h3-9,14H,10-13,15H2,1-2H3,(H,22,26). The number of nitrogens with zero attached hydrogens (tertiary/aromatic N) is 2. The van der Waals surface area contributed by atoms with Crippen molar-refractivity contribution in [3.63, 3.8) is 0 Å². The number of hydrogen-bond acceptors (Lipinski definition) is 4. The monoisotopic (exact) mass is 367 g/mol. The first kappa shape index (κ1) is 18.8. The molecule has 0 radical (unpaired) electrons. The fraction of sp³-hybridized carbons (Fsp3) is 0.333. The molecule has 2 amide bonds. The van der Waals surface area contributed by atoms with Crippen LogP contribution >= 0.6 is 0 Å². The highest BCUT2D eigenvalue weighted by Crippen LogP contribution is 2.19. The Morgan fingerprint density at radius 1 is 1.04 bits per heavy atom. The minimum Gasteiger partial charge on any atom is -0.496 e. The maximum absolute atomic E-state index is 12.5. The molecular weight excluding hydrogens is 342 g/mol. The SMILES string of the molecule is COc1ccccc1CNC(=O)N1CCN(c2cccc(C(C)=O)c2)CC1. The molecule has 2 aromatic rings. The lowest BCUT2D eigenvalue weighted by molar-refractivity contribution is 0.101. The summed E-state index contributed by atoms with van der Waals surface area (Å²) in [7, 11) is 1.63. The Morgan fingerprint density at radius 2 is 1.78 bits per heavy atom. The summed E-state index contributed by atoms with van der Waals surface area (Å²) in [6.45, 7) is 4.77. The molecule has 6 nitrogen and oxygen atoms in total. The van der Waals surface area contributed by atoms with E-state index in [1.807, 2.05) is 53.4 Å². The van der Waals surface area contributed by atoms with Crippen molar-refractivity contribution in [2.45, 2.75) is 13.5 Å². The van der Waals surface area contributed by atoms with Crippen LogP contribution in [0.25, 0.3) is 0 Å². The number of rotatable bonds is 5. The molecule has 3 rings (SSSR count). The van der Waals surface area contributed by atoms with E-state index in [2.05, 4.69) is 10.2 Å². The van der Waals surface area contributed by atoms with Crippen molar-refractivity contribution in [1.29, 1.82) is 0 Å². The molecule has 142 valence electrons. The zero-order valence-corrected chi connectivity index (χ0v) is 15.8. The van der Waals surface area contributed by atoms with Crippen molar-refractivity contribution < 1.29 is 14.3 Å². The Morgan fingerprint density at radius 3 is 2.48 bits per heavy atom. The number of ketones is 1. The highest BCUT2D eigenvalue weighted by atomic mass is 16.5. The molecule has 0 unspecified atom stereocenters. The van der Waals surface area contributed by atoms with E-state index < -0.39 is 0 Å². The van der Waals surface area contributed by atoms with Gasteiger partial charge in [0, 0.05) is 49.5 Å². The number of carbonyl (C=O) groups excluding carboxylic acids is 2. The molecule has 1 aliphatic rings. The van der Waals surface area contributed by atoms with Gasteiger partial charge in [0.2, 0.25) is 0 Å². The first-order chi connectivity index (χ1) is 13.1. The number of anilines is 1. The number of hydrogen-bond donors (Lipinski definition) is 1. The average Bonchev–Trinajstić information content (AvgIpc) is 2.72. The van der Waals surface area contributed by atoms with Gasteiger partial charge < -0.3 is 19.9 Å². The molecule has 27 heavy (non-hydrogen) atoms. The second-order valence-electron chi connectivity index (χ2n) is 6.55. The van der Waals surface area contributed by atoms with Gasteiger partial charge in [-0.2, -0.15) is 0 Å². The molecule has 0 aliphatic carbocycles. The van der Waals surface area contributed by atoms with E-state index in [0.29, 0.717) is 25.2 Å². The van der Waals surface area contributed by atoms with E-state index in [0.717, 1.165) is 30.1 Å². The topological polar surface area (TPSA) is 61.9 Å². The Bertz CT molecular complexity index is 814. The third-order valence-electron chi connectivity index (χ3n) is 4.81. The summed E-state index contributed by atoms with van der Waals surface area (Å²) in [5.41, 5.74) is 2.69. The van der Waals surface area contributed by atoms with Gasteiger partial charge in [0.15, 0.2) is 5.78 Å². The smallest absolute Gasteiger partial charge is 0.317 e. The quantitative estimate of drug-likeness (QED) is 0.826. The third kappa shape index (κ3) is 4.58. The predicted molar refractivity (Wildman–Crippen MR) is 105 cm³/mol. The normalized spacial score (nSPS) is 14.0. The van der Waals surface area contributed by atoms with Gasteiger partial charge in [-0.15, -0.1) is 0 Å². The van der Waals surface area contributed by atoms with E-state index >= 15 is 0 Å². The van der Waals surface area contributed by atoms with Crippen LogP contribution in [-0.2, 0) is 6.54 Å². The second-order valence-corrected chi connectivity index (χ2v) is 6.55. The number of Topliss-reactive ketones (excluding diaryl/α,β-unsaturated/α-hetero) is 1. The van der Waals surface area contributed by atoms with Crippen LogP contribution in [0, 0.1) is 0 Å². The Hall–Kier alpha value is -3.02. The molecule has 6 heteroatoms. The molecule has 0 aromatic heterocycles. The number of piperazine rings is 1. The van der Waals surface area contributed by atoms with Gasteiger partial charge in [-0.05, 0) is 25.1 Å². The van der Waals surface area contributed by atoms with Gasteiger partial charge in [0.1, 0.15) is 5.75 Å². The molecule has 0 spiro atoms. The van der Waals surface area contributed by atoms with Crippen molar-refractivity contribution in [3.8, 4) is 5.75 Å². The number of benzene rings is 2. The van der Waals surface area contributed by atoms with E-state index in [4.69, 9.17) is 4.74 Å². The largest absolute Gasteiger partial charge is 0.496 e. The van der Waals surface area contributed by atoms with Gasteiger partial charge in [-0.1, -0.05) is 30.3 Å².